The predicted molar refractivity (Wildman–Crippen MR) is 150 cm³/mol. The summed E-state index contributed by atoms with van der Waals surface area (Å²) in [5.41, 5.74) is 9.44. The zero-order valence-corrected chi connectivity index (χ0v) is 22.2. The Labute approximate surface area is 232 Å². The second kappa shape index (κ2) is 11.5. The third kappa shape index (κ3) is 6.03. The van der Waals surface area contributed by atoms with Gasteiger partial charge in [0.25, 0.3) is 5.91 Å². The average molecular weight is 544 g/mol. The second-order valence-electron chi connectivity index (χ2n) is 10.5. The Morgan fingerprint density at radius 1 is 1.07 bits per heavy atom. The Morgan fingerprint density at radius 3 is 2.77 bits per heavy atom. The van der Waals surface area contributed by atoms with Gasteiger partial charge in [0.1, 0.15) is 23.8 Å². The van der Waals surface area contributed by atoms with Crippen molar-refractivity contribution in [1.82, 2.24) is 10.3 Å². The van der Waals surface area contributed by atoms with Crippen molar-refractivity contribution >= 4 is 23.6 Å². The van der Waals surface area contributed by atoms with E-state index < -0.39 is 6.09 Å². The summed E-state index contributed by atoms with van der Waals surface area (Å²) in [5.74, 6) is 1.82. The molecule has 2 amide bonds. The van der Waals surface area contributed by atoms with E-state index in [0.29, 0.717) is 43.4 Å². The molecule has 40 heavy (non-hydrogen) atoms. The first-order chi connectivity index (χ1) is 19.5. The van der Waals surface area contributed by atoms with Crippen LogP contribution in [0.3, 0.4) is 0 Å². The highest BCUT2D eigenvalue weighted by atomic mass is 16.6. The minimum atomic E-state index is -0.449. The number of nitrogens with two attached hydrogens (primary N) is 1. The standard InChI is InChI=1S/C30H33N5O5/c31-22-7-8-24(15-22)39-23-6-2-5-21(14-23)20-4-1-3-19(13-20)16-32-12-11-25-17-35(30(37)40-25)27-10-9-26-29(33-27)34-28(36)18-38-26/h1-6,9-10,13-14,22,24-25,32H,7-8,11-12,15-18,31H2,(H,33,34,36)/t22-,24+,25?/m1/s1. The van der Waals surface area contributed by atoms with Crippen molar-refractivity contribution in [2.24, 2.45) is 5.73 Å². The molecule has 2 fully saturated rings. The van der Waals surface area contributed by atoms with E-state index in [2.05, 4.69) is 52.0 Å². The van der Waals surface area contributed by atoms with Crippen LogP contribution in [-0.2, 0) is 16.1 Å². The summed E-state index contributed by atoms with van der Waals surface area (Å²) in [4.78, 5) is 29.9. The Kier molecular flexibility index (Phi) is 7.52. The van der Waals surface area contributed by atoms with Gasteiger partial charge in [-0.1, -0.05) is 30.3 Å². The van der Waals surface area contributed by atoms with Crippen molar-refractivity contribution < 1.29 is 23.8 Å². The maximum atomic E-state index is 12.5. The molecule has 0 bridgehead atoms. The number of fused-ring (bicyclic) bond motifs is 1. The number of pyridine rings is 1. The molecule has 1 aromatic heterocycles. The molecule has 208 valence electrons. The number of carbonyl (C=O) groups excluding carboxylic acids is 2. The summed E-state index contributed by atoms with van der Waals surface area (Å²) in [7, 11) is 0. The van der Waals surface area contributed by atoms with Gasteiger partial charge in [0.05, 0.1) is 6.54 Å². The smallest absolute Gasteiger partial charge is 0.415 e. The van der Waals surface area contributed by atoms with Crippen molar-refractivity contribution in [1.29, 1.82) is 0 Å². The first-order valence-electron chi connectivity index (χ1n) is 13.7. The van der Waals surface area contributed by atoms with Gasteiger partial charge in [-0.05, 0) is 79.3 Å². The Morgan fingerprint density at radius 2 is 1.93 bits per heavy atom. The van der Waals surface area contributed by atoms with E-state index in [1.807, 2.05) is 12.1 Å². The molecule has 3 heterocycles. The van der Waals surface area contributed by atoms with Crippen LogP contribution < -0.4 is 30.7 Å². The topological polar surface area (TPSA) is 128 Å². The summed E-state index contributed by atoms with van der Waals surface area (Å²) in [5, 5.41) is 6.13. The summed E-state index contributed by atoms with van der Waals surface area (Å²) in [6.45, 7) is 1.73. The molecule has 1 saturated carbocycles. The maximum Gasteiger partial charge on any atom is 0.415 e. The van der Waals surface area contributed by atoms with Crippen LogP contribution in [-0.4, -0.2) is 54.9 Å². The summed E-state index contributed by atoms with van der Waals surface area (Å²) in [6, 6.07) is 20.3. The molecule has 3 atom stereocenters. The number of hydrogen-bond acceptors (Lipinski definition) is 8. The molecular formula is C30H33N5O5. The normalized spacial score (nSPS) is 21.9. The largest absolute Gasteiger partial charge is 0.490 e. The highest BCUT2D eigenvalue weighted by Gasteiger charge is 2.33. The van der Waals surface area contributed by atoms with Crippen LogP contribution in [0.25, 0.3) is 11.1 Å². The maximum absolute atomic E-state index is 12.5. The molecule has 3 aromatic rings. The number of anilines is 2. The SMILES string of the molecule is N[C@@H]1CC[C@H](Oc2cccc(-c3cccc(CNCCC4CN(c5ccc6c(n5)NC(=O)CO6)C(=O)O4)c3)c2)C1. The molecule has 3 aliphatic rings. The molecule has 6 rings (SSSR count). The number of nitrogens with zero attached hydrogens (tertiary/aromatic N) is 2. The quantitative estimate of drug-likeness (QED) is 0.348. The van der Waals surface area contributed by atoms with Gasteiger partial charge in [0.2, 0.25) is 0 Å². The molecule has 1 saturated heterocycles. The third-order valence-corrected chi connectivity index (χ3v) is 7.41. The molecule has 10 heteroatoms. The van der Waals surface area contributed by atoms with Crippen molar-refractivity contribution in [3.8, 4) is 22.6 Å². The molecule has 0 radical (unpaired) electrons. The number of nitrogens with one attached hydrogen (secondary N) is 2. The van der Waals surface area contributed by atoms with E-state index in [9.17, 15) is 9.59 Å². The zero-order chi connectivity index (χ0) is 27.5. The number of carbonyl (C=O) groups is 2. The minimum absolute atomic E-state index is 0.0440. The van der Waals surface area contributed by atoms with E-state index in [1.165, 1.54) is 4.90 Å². The number of aromatic nitrogens is 1. The molecular weight excluding hydrogens is 510 g/mol. The number of amides is 2. The number of hydrogen-bond donors (Lipinski definition) is 3. The number of rotatable bonds is 9. The monoisotopic (exact) mass is 543 g/mol. The van der Waals surface area contributed by atoms with Crippen LogP contribution in [0.1, 0.15) is 31.2 Å². The predicted octanol–water partition coefficient (Wildman–Crippen LogP) is 3.84. The number of cyclic esters (lactones) is 1. The highest BCUT2D eigenvalue weighted by Crippen LogP contribution is 2.31. The summed E-state index contributed by atoms with van der Waals surface area (Å²) >= 11 is 0. The van der Waals surface area contributed by atoms with Gasteiger partial charge in [-0.15, -0.1) is 0 Å². The van der Waals surface area contributed by atoms with Gasteiger partial charge in [-0.2, -0.15) is 0 Å². The van der Waals surface area contributed by atoms with E-state index >= 15 is 0 Å². The second-order valence-corrected chi connectivity index (χ2v) is 10.5. The lowest BCUT2D eigenvalue weighted by atomic mass is 10.0. The van der Waals surface area contributed by atoms with Gasteiger partial charge in [-0.25, -0.2) is 9.78 Å². The Balaban J connectivity index is 0.997. The van der Waals surface area contributed by atoms with E-state index in [0.717, 1.165) is 41.7 Å². The van der Waals surface area contributed by atoms with E-state index in [1.54, 1.807) is 12.1 Å². The lowest BCUT2D eigenvalue weighted by molar-refractivity contribution is -0.118. The van der Waals surface area contributed by atoms with Gasteiger partial charge in [0.15, 0.2) is 18.2 Å². The van der Waals surface area contributed by atoms with Crippen molar-refractivity contribution in [3.63, 3.8) is 0 Å². The molecule has 0 spiro atoms. The highest BCUT2D eigenvalue weighted by molar-refractivity contribution is 5.95. The first-order valence-corrected chi connectivity index (χ1v) is 13.7. The van der Waals surface area contributed by atoms with Gasteiger partial charge in [0, 0.05) is 12.6 Å². The Hall–Kier alpha value is -4.15. The van der Waals surface area contributed by atoms with Crippen LogP contribution in [0, 0.1) is 0 Å². The fourth-order valence-corrected chi connectivity index (χ4v) is 5.34. The minimum Gasteiger partial charge on any atom is -0.490 e. The zero-order valence-electron chi connectivity index (χ0n) is 22.2. The summed E-state index contributed by atoms with van der Waals surface area (Å²) < 4.78 is 17.1. The lowest BCUT2D eigenvalue weighted by Crippen LogP contribution is -2.29. The van der Waals surface area contributed by atoms with Crippen molar-refractivity contribution in [3.05, 3.63) is 66.2 Å². The van der Waals surface area contributed by atoms with Crippen LogP contribution in [0.2, 0.25) is 0 Å². The number of benzene rings is 2. The van der Waals surface area contributed by atoms with E-state index in [4.69, 9.17) is 19.9 Å². The fourth-order valence-electron chi connectivity index (χ4n) is 5.34. The molecule has 1 aliphatic carbocycles. The third-order valence-electron chi connectivity index (χ3n) is 7.41. The van der Waals surface area contributed by atoms with E-state index in [-0.39, 0.29) is 30.8 Å². The van der Waals surface area contributed by atoms with Gasteiger partial charge in [-0.3, -0.25) is 9.69 Å². The van der Waals surface area contributed by atoms with Crippen molar-refractivity contribution in [2.75, 3.05) is 29.9 Å². The van der Waals surface area contributed by atoms with Gasteiger partial charge < -0.3 is 30.6 Å². The average Bonchev–Trinajstić information content (AvgIpc) is 3.55. The molecule has 4 N–H and O–H groups in total. The molecule has 10 nitrogen and oxygen atoms in total. The fraction of sp³-hybridized carbons (Fsp3) is 0.367. The van der Waals surface area contributed by atoms with Crippen LogP contribution in [0.4, 0.5) is 16.4 Å². The number of ether oxygens (including phenoxy) is 3. The first kappa shape index (κ1) is 26.1. The van der Waals surface area contributed by atoms with Crippen molar-refractivity contribution in [2.45, 2.75) is 50.5 Å². The van der Waals surface area contributed by atoms with Crippen LogP contribution >= 0.6 is 0 Å². The molecule has 2 aliphatic heterocycles. The molecule has 1 unspecified atom stereocenters. The van der Waals surface area contributed by atoms with Gasteiger partial charge >= 0.3 is 6.09 Å². The van der Waals surface area contributed by atoms with Crippen LogP contribution in [0.15, 0.2) is 60.7 Å². The Bertz CT molecular complexity index is 1400. The molecule has 2 aromatic carbocycles. The lowest BCUT2D eigenvalue weighted by Gasteiger charge is -2.19. The van der Waals surface area contributed by atoms with Crippen LogP contribution in [0.5, 0.6) is 11.5 Å². The summed E-state index contributed by atoms with van der Waals surface area (Å²) in [6.07, 6.45) is 3.08.